The number of nitrogens with zero attached hydrogens (tertiary/aromatic N) is 1. The predicted molar refractivity (Wildman–Crippen MR) is 65.3 cm³/mol. The van der Waals surface area contributed by atoms with Crippen LogP contribution in [0, 0.1) is 0 Å². The maximum atomic E-state index is 4.31. The van der Waals surface area contributed by atoms with Gasteiger partial charge in [-0.05, 0) is 35.9 Å². The lowest BCUT2D eigenvalue weighted by molar-refractivity contribution is 1.11. The van der Waals surface area contributed by atoms with Crippen molar-refractivity contribution in [1.82, 2.24) is 9.97 Å². The minimum Gasteiger partial charge on any atom is -0.365 e. The van der Waals surface area contributed by atoms with Gasteiger partial charge in [0.2, 0.25) is 0 Å². The van der Waals surface area contributed by atoms with Crippen molar-refractivity contribution in [3.05, 3.63) is 66.1 Å². The summed E-state index contributed by atoms with van der Waals surface area (Å²) in [5.41, 5.74) is 3.60. The highest BCUT2D eigenvalue weighted by Crippen LogP contribution is 2.15. The third-order valence-electron chi connectivity index (χ3n) is 2.72. The van der Waals surface area contributed by atoms with Crippen molar-refractivity contribution in [2.75, 3.05) is 0 Å². The van der Waals surface area contributed by atoms with E-state index in [1.807, 2.05) is 24.5 Å². The fraction of sp³-hybridized carbons (Fsp3) is 0.0714. The first-order valence-corrected chi connectivity index (χ1v) is 5.38. The second kappa shape index (κ2) is 3.81. The summed E-state index contributed by atoms with van der Waals surface area (Å²) < 4.78 is 0. The first kappa shape index (κ1) is 9.16. The van der Waals surface area contributed by atoms with Crippen LogP contribution < -0.4 is 0 Å². The van der Waals surface area contributed by atoms with Crippen LogP contribution in [0.1, 0.15) is 11.3 Å². The number of rotatable bonds is 2. The highest BCUT2D eigenvalue weighted by Gasteiger charge is 1.99. The average molecular weight is 208 g/mol. The van der Waals surface area contributed by atoms with Gasteiger partial charge in [0.05, 0.1) is 5.52 Å². The van der Waals surface area contributed by atoms with Crippen molar-refractivity contribution in [3.8, 4) is 0 Å². The number of nitrogens with one attached hydrogen (secondary N) is 1. The Morgan fingerprint density at radius 1 is 1.06 bits per heavy atom. The maximum absolute atomic E-state index is 4.31. The molecular formula is C14H12N2. The lowest BCUT2D eigenvalue weighted by atomic mass is 10.1. The third kappa shape index (κ3) is 1.70. The predicted octanol–water partition coefficient (Wildman–Crippen LogP) is 3.15. The Morgan fingerprint density at radius 2 is 2.06 bits per heavy atom. The van der Waals surface area contributed by atoms with Crippen molar-refractivity contribution in [3.63, 3.8) is 0 Å². The molecule has 2 heteroatoms. The third-order valence-corrected chi connectivity index (χ3v) is 2.72. The molecule has 0 unspecified atom stereocenters. The van der Waals surface area contributed by atoms with Crippen molar-refractivity contribution in [2.24, 2.45) is 0 Å². The molecule has 0 aliphatic heterocycles. The summed E-state index contributed by atoms with van der Waals surface area (Å²) in [7, 11) is 0. The summed E-state index contributed by atoms with van der Waals surface area (Å²) in [6.45, 7) is 0. The Kier molecular flexibility index (Phi) is 2.18. The van der Waals surface area contributed by atoms with Gasteiger partial charge in [0.15, 0.2) is 0 Å². The van der Waals surface area contributed by atoms with Crippen LogP contribution in [0.5, 0.6) is 0 Å². The fourth-order valence-corrected chi connectivity index (χ4v) is 1.93. The van der Waals surface area contributed by atoms with Gasteiger partial charge in [0, 0.05) is 29.9 Å². The molecule has 16 heavy (non-hydrogen) atoms. The lowest BCUT2D eigenvalue weighted by Gasteiger charge is -2.01. The van der Waals surface area contributed by atoms with Gasteiger partial charge in [-0.2, -0.15) is 0 Å². The molecule has 0 amide bonds. The summed E-state index contributed by atoms with van der Waals surface area (Å²) in [4.78, 5) is 7.53. The summed E-state index contributed by atoms with van der Waals surface area (Å²) in [5, 5.41) is 1.20. The van der Waals surface area contributed by atoms with Crippen LogP contribution in [0.15, 0.2) is 54.9 Å². The zero-order valence-corrected chi connectivity index (χ0v) is 8.85. The molecule has 0 aliphatic carbocycles. The number of pyridine rings is 1. The molecule has 1 N–H and O–H groups in total. The van der Waals surface area contributed by atoms with Crippen molar-refractivity contribution < 1.29 is 0 Å². The largest absolute Gasteiger partial charge is 0.365 e. The first-order valence-electron chi connectivity index (χ1n) is 5.38. The standard InChI is InChI=1S/C14H12N2/c1-3-12-9-11(5-6-14(12)16-8-1)10-13-4-2-7-15-13/h1-9,15H,10H2. The molecule has 0 radical (unpaired) electrons. The zero-order chi connectivity index (χ0) is 10.8. The molecule has 78 valence electrons. The highest BCUT2D eigenvalue weighted by atomic mass is 14.7. The lowest BCUT2D eigenvalue weighted by Crippen LogP contribution is -1.88. The molecule has 3 aromatic rings. The van der Waals surface area contributed by atoms with Crippen LogP contribution in [-0.2, 0) is 6.42 Å². The fourth-order valence-electron chi connectivity index (χ4n) is 1.93. The van der Waals surface area contributed by atoms with Gasteiger partial charge < -0.3 is 4.98 Å². The Bertz CT molecular complexity index is 597. The smallest absolute Gasteiger partial charge is 0.0702 e. The first-order chi connectivity index (χ1) is 7.92. The van der Waals surface area contributed by atoms with Crippen LogP contribution in [0.25, 0.3) is 10.9 Å². The molecule has 2 aromatic heterocycles. The summed E-state index contributed by atoms with van der Waals surface area (Å²) >= 11 is 0. The van der Waals surface area contributed by atoms with Crippen LogP contribution in [0.2, 0.25) is 0 Å². The van der Waals surface area contributed by atoms with Gasteiger partial charge in [-0.15, -0.1) is 0 Å². The van der Waals surface area contributed by atoms with Crippen LogP contribution in [-0.4, -0.2) is 9.97 Å². The van der Waals surface area contributed by atoms with E-state index in [-0.39, 0.29) is 0 Å². The van der Waals surface area contributed by atoms with E-state index >= 15 is 0 Å². The number of benzene rings is 1. The Hall–Kier alpha value is -2.09. The SMILES string of the molecule is c1c[nH]c(Cc2ccc3ncccc3c2)c1. The monoisotopic (exact) mass is 208 g/mol. The summed E-state index contributed by atoms with van der Waals surface area (Å²) in [6, 6.07) is 14.6. The molecule has 3 rings (SSSR count). The number of fused-ring (bicyclic) bond motifs is 1. The number of aromatic amines is 1. The van der Waals surface area contributed by atoms with Crippen molar-refractivity contribution >= 4 is 10.9 Å². The van der Waals surface area contributed by atoms with Gasteiger partial charge >= 0.3 is 0 Å². The topological polar surface area (TPSA) is 28.7 Å². The normalized spacial score (nSPS) is 10.8. The van der Waals surface area contributed by atoms with E-state index in [1.54, 1.807) is 0 Å². The molecule has 0 saturated carbocycles. The molecule has 0 spiro atoms. The highest BCUT2D eigenvalue weighted by molar-refractivity contribution is 5.78. The summed E-state index contributed by atoms with van der Waals surface area (Å²) in [6.07, 6.45) is 4.72. The Morgan fingerprint density at radius 3 is 2.94 bits per heavy atom. The maximum Gasteiger partial charge on any atom is 0.0702 e. The van der Waals surface area contributed by atoms with Crippen LogP contribution in [0.3, 0.4) is 0 Å². The van der Waals surface area contributed by atoms with Gasteiger partial charge in [-0.1, -0.05) is 12.1 Å². The quantitative estimate of drug-likeness (QED) is 0.688. The number of aromatic nitrogens is 2. The van der Waals surface area contributed by atoms with Crippen molar-refractivity contribution in [2.45, 2.75) is 6.42 Å². The van der Waals surface area contributed by atoms with E-state index in [2.05, 4.69) is 40.3 Å². The Labute approximate surface area is 94.0 Å². The van der Waals surface area contributed by atoms with E-state index in [1.165, 1.54) is 16.6 Å². The Balaban J connectivity index is 1.99. The van der Waals surface area contributed by atoms with E-state index in [4.69, 9.17) is 0 Å². The molecular weight excluding hydrogens is 196 g/mol. The second-order valence-electron chi connectivity index (χ2n) is 3.90. The van der Waals surface area contributed by atoms with Crippen molar-refractivity contribution in [1.29, 1.82) is 0 Å². The minimum absolute atomic E-state index is 0.942. The molecule has 0 aliphatic rings. The van der Waals surface area contributed by atoms with E-state index < -0.39 is 0 Å². The zero-order valence-electron chi connectivity index (χ0n) is 8.85. The van der Waals surface area contributed by atoms with E-state index in [0.717, 1.165) is 11.9 Å². The number of hydrogen-bond donors (Lipinski definition) is 1. The van der Waals surface area contributed by atoms with Gasteiger partial charge in [0.1, 0.15) is 0 Å². The van der Waals surface area contributed by atoms with Crippen LogP contribution >= 0.6 is 0 Å². The van der Waals surface area contributed by atoms with Gasteiger partial charge in [-0.3, -0.25) is 4.98 Å². The van der Waals surface area contributed by atoms with Crippen LogP contribution in [0.4, 0.5) is 0 Å². The molecule has 1 aromatic carbocycles. The second-order valence-corrected chi connectivity index (χ2v) is 3.90. The average Bonchev–Trinajstić information content (AvgIpc) is 2.82. The molecule has 2 nitrogen and oxygen atoms in total. The molecule has 0 atom stereocenters. The summed E-state index contributed by atoms with van der Waals surface area (Å²) in [5.74, 6) is 0. The molecule has 0 bridgehead atoms. The van der Waals surface area contributed by atoms with Gasteiger partial charge in [-0.25, -0.2) is 0 Å². The van der Waals surface area contributed by atoms with Gasteiger partial charge in [0.25, 0.3) is 0 Å². The number of H-pyrrole nitrogens is 1. The molecule has 2 heterocycles. The molecule has 0 fully saturated rings. The van der Waals surface area contributed by atoms with E-state index in [0.29, 0.717) is 0 Å². The minimum atomic E-state index is 0.942. The molecule has 0 saturated heterocycles. The number of hydrogen-bond acceptors (Lipinski definition) is 1. The van der Waals surface area contributed by atoms with E-state index in [9.17, 15) is 0 Å².